The van der Waals surface area contributed by atoms with Crippen molar-refractivity contribution in [1.29, 1.82) is 0 Å². The van der Waals surface area contributed by atoms with Crippen LogP contribution in [0.2, 0.25) is 0 Å². The third kappa shape index (κ3) is 6.84. The summed E-state index contributed by atoms with van der Waals surface area (Å²) in [6, 6.07) is 62.9. The minimum atomic E-state index is 0.164. The monoisotopic (exact) mass is 858 g/mol. The van der Waals surface area contributed by atoms with Crippen molar-refractivity contribution in [2.75, 3.05) is 4.90 Å². The highest BCUT2D eigenvalue weighted by atomic mass is 16.3. The molecule has 0 saturated carbocycles. The van der Waals surface area contributed by atoms with Gasteiger partial charge in [0.1, 0.15) is 56.0 Å². The highest BCUT2D eigenvalue weighted by Gasteiger charge is 2.25. The zero-order chi connectivity index (χ0) is 46.0. The molecular formula is C57H31B5N4O2. The van der Waals surface area contributed by atoms with Crippen LogP contribution in [-0.2, 0) is 0 Å². The van der Waals surface area contributed by atoms with Crippen LogP contribution in [0.4, 0.5) is 17.1 Å². The van der Waals surface area contributed by atoms with E-state index in [0.717, 1.165) is 77.6 Å². The summed E-state index contributed by atoms with van der Waals surface area (Å²) in [5, 5.41) is 3.74. The number of rotatable bonds is 8. The second-order valence-corrected chi connectivity index (χ2v) is 16.6. The summed E-state index contributed by atoms with van der Waals surface area (Å²) < 4.78 is 13.5. The third-order valence-corrected chi connectivity index (χ3v) is 12.6. The van der Waals surface area contributed by atoms with Crippen molar-refractivity contribution in [1.82, 2.24) is 15.0 Å². The number of nitrogens with zero attached hydrogens (tertiary/aromatic N) is 4. The van der Waals surface area contributed by atoms with Gasteiger partial charge in [-0.1, -0.05) is 144 Å². The molecule has 3 aromatic heterocycles. The molecule has 0 amide bonds. The molecule has 9 aromatic carbocycles. The van der Waals surface area contributed by atoms with Crippen LogP contribution in [0.25, 0.3) is 100 Å². The summed E-state index contributed by atoms with van der Waals surface area (Å²) in [6.45, 7) is 0. The van der Waals surface area contributed by atoms with Gasteiger partial charge in [-0.3, -0.25) is 0 Å². The number of fused-ring (bicyclic) bond motifs is 6. The quantitative estimate of drug-likeness (QED) is 0.142. The maximum Gasteiger partial charge on any atom is 0.167 e. The van der Waals surface area contributed by atoms with Crippen LogP contribution >= 0.6 is 0 Å². The van der Waals surface area contributed by atoms with E-state index in [0.29, 0.717) is 39.8 Å². The van der Waals surface area contributed by atoms with E-state index in [1.54, 1.807) is 0 Å². The Morgan fingerprint density at radius 3 is 1.49 bits per heavy atom. The lowest BCUT2D eigenvalue weighted by Crippen LogP contribution is -2.55. The van der Waals surface area contributed by atoms with Crippen LogP contribution in [-0.4, -0.2) is 54.2 Å². The van der Waals surface area contributed by atoms with Crippen LogP contribution < -0.4 is 32.2 Å². The van der Waals surface area contributed by atoms with E-state index in [9.17, 15) is 0 Å². The average molecular weight is 858 g/mol. The van der Waals surface area contributed by atoms with Gasteiger partial charge in [-0.15, -0.1) is 16.4 Å². The predicted octanol–water partition coefficient (Wildman–Crippen LogP) is 9.44. The molecule has 68 heavy (non-hydrogen) atoms. The summed E-state index contributed by atoms with van der Waals surface area (Å²) in [4.78, 5) is 17.8. The van der Waals surface area contributed by atoms with Crippen molar-refractivity contribution in [2.45, 2.75) is 0 Å². The second kappa shape index (κ2) is 16.5. The zero-order valence-corrected chi connectivity index (χ0v) is 36.4. The fourth-order valence-electron chi connectivity index (χ4n) is 9.23. The molecule has 0 aliphatic rings. The van der Waals surface area contributed by atoms with Gasteiger partial charge in [-0.25, -0.2) is 15.0 Å². The first-order chi connectivity index (χ1) is 33.3. The molecule has 10 radical (unpaired) electrons. The lowest BCUT2D eigenvalue weighted by Gasteiger charge is -2.27. The summed E-state index contributed by atoms with van der Waals surface area (Å²) in [5.41, 5.74) is 12.2. The normalized spacial score (nSPS) is 11.5. The largest absolute Gasteiger partial charge is 0.455 e. The molecule has 11 heteroatoms. The van der Waals surface area contributed by atoms with Gasteiger partial charge in [0.05, 0.1) is 11.3 Å². The van der Waals surface area contributed by atoms with Crippen LogP contribution in [0.5, 0.6) is 0 Å². The summed E-state index contributed by atoms with van der Waals surface area (Å²) >= 11 is 0. The van der Waals surface area contributed by atoms with Gasteiger partial charge in [0, 0.05) is 44.0 Å². The van der Waals surface area contributed by atoms with Gasteiger partial charge in [0.2, 0.25) is 0 Å². The molecule has 306 valence electrons. The van der Waals surface area contributed by atoms with Crippen LogP contribution in [0.3, 0.4) is 0 Å². The minimum Gasteiger partial charge on any atom is -0.455 e. The first-order valence-electron chi connectivity index (χ1n) is 22.0. The third-order valence-electron chi connectivity index (χ3n) is 12.6. The maximum atomic E-state index is 6.95. The van der Waals surface area contributed by atoms with Gasteiger partial charge in [-0.05, 0) is 76.9 Å². The Hall–Kier alpha value is -8.29. The molecule has 0 aliphatic carbocycles. The Morgan fingerprint density at radius 1 is 0.338 bits per heavy atom. The predicted molar refractivity (Wildman–Crippen MR) is 283 cm³/mol. The number of aromatic nitrogens is 3. The molecule has 0 saturated heterocycles. The number of para-hydroxylation sites is 3. The van der Waals surface area contributed by atoms with Crippen molar-refractivity contribution in [2.24, 2.45) is 0 Å². The zero-order valence-electron chi connectivity index (χ0n) is 36.4. The van der Waals surface area contributed by atoms with Crippen molar-refractivity contribution >= 4 is 127 Å². The molecule has 0 aliphatic heterocycles. The fraction of sp³-hybridized carbons (Fsp3) is 0. The Morgan fingerprint density at radius 2 is 0.824 bits per heavy atom. The number of furan rings is 2. The van der Waals surface area contributed by atoms with E-state index < -0.39 is 0 Å². The van der Waals surface area contributed by atoms with Crippen LogP contribution in [0.15, 0.2) is 197 Å². The van der Waals surface area contributed by atoms with Gasteiger partial charge in [0.15, 0.2) is 23.1 Å². The molecule has 12 rings (SSSR count). The second-order valence-electron chi connectivity index (χ2n) is 16.6. The lowest BCUT2D eigenvalue weighted by atomic mass is 9.60. The molecule has 0 N–H and O–H groups in total. The summed E-state index contributed by atoms with van der Waals surface area (Å²) in [6.07, 6.45) is 0. The highest BCUT2D eigenvalue weighted by molar-refractivity contribution is 6.68. The molecule has 0 spiro atoms. The number of benzene rings is 9. The van der Waals surface area contributed by atoms with Crippen molar-refractivity contribution < 1.29 is 8.83 Å². The van der Waals surface area contributed by atoms with E-state index in [4.69, 9.17) is 63.0 Å². The van der Waals surface area contributed by atoms with Crippen molar-refractivity contribution in [3.8, 4) is 56.4 Å². The Bertz CT molecular complexity index is 3890. The molecule has 3 heterocycles. The number of hydrogen-bond donors (Lipinski definition) is 0. The Balaban J connectivity index is 1.08. The first-order valence-corrected chi connectivity index (χ1v) is 22.0. The van der Waals surface area contributed by atoms with Gasteiger partial charge >= 0.3 is 0 Å². The highest BCUT2D eigenvalue weighted by Crippen LogP contribution is 2.46. The van der Waals surface area contributed by atoms with E-state index in [1.165, 1.54) is 0 Å². The molecule has 12 aromatic rings. The number of anilines is 3. The summed E-state index contributed by atoms with van der Waals surface area (Å²) in [5.74, 6) is 1.48. The minimum absolute atomic E-state index is 0.164. The first kappa shape index (κ1) is 41.2. The van der Waals surface area contributed by atoms with E-state index in [1.807, 2.05) is 121 Å². The molecule has 0 bridgehead atoms. The molecular weight excluding hydrogens is 827 g/mol. The molecule has 0 fully saturated rings. The smallest absolute Gasteiger partial charge is 0.167 e. The van der Waals surface area contributed by atoms with E-state index in [2.05, 4.69) is 71.6 Å². The van der Waals surface area contributed by atoms with Gasteiger partial charge in [-0.2, -0.15) is 0 Å². The molecule has 0 atom stereocenters. The standard InChI is InChI=1S/C57H31B5N4O2/c58-48-46(49(59)51(61)52(62)50(48)60)34-24-28-37(29-25-34)66(36-26-22-33(23-27-36)32-12-3-1-4-13-32)43-31-30-41(47-40-17-8-10-21-45(40)68-54(43)47)56-63-55(35-14-5-2-6-15-35)64-57(65-56)42-19-11-18-39-38-16-7-9-20-44(38)67-53(39)42/h1-31H. The van der Waals surface area contributed by atoms with E-state index >= 15 is 0 Å². The number of hydrogen-bond acceptors (Lipinski definition) is 6. The van der Waals surface area contributed by atoms with E-state index in [-0.39, 0.29) is 27.3 Å². The van der Waals surface area contributed by atoms with Gasteiger partial charge < -0.3 is 13.7 Å². The van der Waals surface area contributed by atoms with Gasteiger partial charge in [0.25, 0.3) is 0 Å². The Kier molecular flexibility index (Phi) is 10.0. The lowest BCUT2D eigenvalue weighted by molar-refractivity contribution is 0.668. The SMILES string of the molecule is [B]c1c([B])c([B])c(-c2ccc(N(c3ccc(-c4ccccc4)cc3)c3ccc(-c4nc(-c5ccccc5)nc(-c5cccc6c5oc5ccccc56)n4)c4c3oc3ccccc34)cc2)c([B])c1[B]. The maximum absolute atomic E-state index is 6.95. The van der Waals surface area contributed by atoms with Crippen molar-refractivity contribution in [3.05, 3.63) is 188 Å². The average Bonchev–Trinajstić information content (AvgIpc) is 3.98. The summed E-state index contributed by atoms with van der Waals surface area (Å²) in [7, 11) is 31.8. The molecule has 0 unspecified atom stereocenters. The Labute approximate surface area is 398 Å². The van der Waals surface area contributed by atoms with Crippen LogP contribution in [0.1, 0.15) is 0 Å². The fourth-order valence-corrected chi connectivity index (χ4v) is 9.23. The van der Waals surface area contributed by atoms with Crippen LogP contribution in [0, 0.1) is 0 Å². The molecule has 6 nitrogen and oxygen atoms in total. The van der Waals surface area contributed by atoms with Crippen molar-refractivity contribution in [3.63, 3.8) is 0 Å². The topological polar surface area (TPSA) is 68.2 Å².